The molecule has 2 aromatic rings. The van der Waals surface area contributed by atoms with Crippen molar-refractivity contribution >= 4 is 40.7 Å². The first-order chi connectivity index (χ1) is 14.3. The fraction of sp³-hybridized carbons (Fsp3) is 0.364. The number of benzene rings is 1. The van der Waals surface area contributed by atoms with Gasteiger partial charge in [-0.3, -0.25) is 4.79 Å². The Hall–Kier alpha value is -2.28. The molecule has 2 N–H and O–H groups in total. The summed E-state index contributed by atoms with van der Waals surface area (Å²) in [6, 6.07) is 7.10. The number of aromatic amines is 1. The molecule has 0 unspecified atom stereocenters. The number of methoxy groups -OCH3 is 1. The Labute approximate surface area is 185 Å². The second-order valence-electron chi connectivity index (χ2n) is 7.07. The molecule has 1 aliphatic carbocycles. The maximum absolute atomic E-state index is 12.7. The molecule has 160 valence electrons. The summed E-state index contributed by atoms with van der Waals surface area (Å²) in [4.78, 5) is 27.6. The lowest BCUT2D eigenvalue weighted by Crippen LogP contribution is -2.45. The molecule has 1 amide bonds. The summed E-state index contributed by atoms with van der Waals surface area (Å²) in [7, 11) is 1.60. The molecule has 3 rings (SSSR count). The maximum atomic E-state index is 12.7. The van der Waals surface area contributed by atoms with E-state index in [0.717, 1.165) is 17.6 Å². The molecule has 0 radical (unpaired) electrons. The van der Waals surface area contributed by atoms with Crippen molar-refractivity contribution < 1.29 is 19.1 Å². The van der Waals surface area contributed by atoms with Crippen LogP contribution in [0.1, 0.15) is 51.9 Å². The first-order valence-electron chi connectivity index (χ1n) is 9.71. The lowest BCUT2D eigenvalue weighted by molar-refractivity contribution is 0.0526. The molecule has 8 heteroatoms. The highest BCUT2D eigenvalue weighted by Gasteiger charge is 2.29. The lowest BCUT2D eigenvalue weighted by Gasteiger charge is -2.30. The number of carbonyl (C=O) groups is 2. The lowest BCUT2D eigenvalue weighted by atomic mass is 9.88. The zero-order valence-electron chi connectivity index (χ0n) is 17.1. The van der Waals surface area contributed by atoms with Crippen LogP contribution in [-0.2, 0) is 9.47 Å². The van der Waals surface area contributed by atoms with E-state index in [4.69, 9.17) is 32.7 Å². The largest absolute Gasteiger partial charge is 0.462 e. The Morgan fingerprint density at radius 1 is 1.27 bits per heavy atom. The van der Waals surface area contributed by atoms with Crippen LogP contribution < -0.4 is 5.32 Å². The highest BCUT2D eigenvalue weighted by atomic mass is 35.5. The molecule has 1 heterocycles. The highest BCUT2D eigenvalue weighted by Crippen LogP contribution is 2.31. The van der Waals surface area contributed by atoms with Gasteiger partial charge in [0.05, 0.1) is 34.4 Å². The van der Waals surface area contributed by atoms with Gasteiger partial charge in [0.15, 0.2) is 0 Å². The fourth-order valence-corrected chi connectivity index (χ4v) is 3.95. The first kappa shape index (κ1) is 22.4. The summed E-state index contributed by atoms with van der Waals surface area (Å²) in [5, 5.41) is 3.54. The normalized spacial score (nSPS) is 18.6. The van der Waals surface area contributed by atoms with E-state index in [0.29, 0.717) is 29.3 Å². The van der Waals surface area contributed by atoms with Crippen molar-refractivity contribution in [2.45, 2.75) is 38.8 Å². The number of carbonyl (C=O) groups excluding carboxylic acids is 2. The number of halogens is 2. The maximum Gasteiger partial charge on any atom is 0.338 e. The number of hydrogen-bond acceptors (Lipinski definition) is 4. The minimum atomic E-state index is -0.346. The average Bonchev–Trinajstić information content (AvgIpc) is 3.01. The molecule has 1 aliphatic rings. The van der Waals surface area contributed by atoms with Gasteiger partial charge in [0, 0.05) is 12.8 Å². The number of hydrogen-bond donors (Lipinski definition) is 2. The third-order valence-electron chi connectivity index (χ3n) is 5.10. The van der Waals surface area contributed by atoms with E-state index in [1.54, 1.807) is 27.0 Å². The molecule has 30 heavy (non-hydrogen) atoms. The van der Waals surface area contributed by atoms with Crippen molar-refractivity contribution in [3.8, 4) is 0 Å². The van der Waals surface area contributed by atoms with E-state index in [9.17, 15) is 9.59 Å². The van der Waals surface area contributed by atoms with Crippen LogP contribution >= 0.6 is 23.2 Å². The number of rotatable bonds is 6. The van der Waals surface area contributed by atoms with Gasteiger partial charge >= 0.3 is 5.97 Å². The van der Waals surface area contributed by atoms with Crippen molar-refractivity contribution in [3.63, 3.8) is 0 Å². The zero-order chi connectivity index (χ0) is 21.8. The van der Waals surface area contributed by atoms with Gasteiger partial charge in [0.25, 0.3) is 5.91 Å². The topological polar surface area (TPSA) is 80.4 Å². The summed E-state index contributed by atoms with van der Waals surface area (Å²) >= 11 is 12.2. The van der Waals surface area contributed by atoms with Crippen LogP contribution in [0.3, 0.4) is 0 Å². The number of allylic oxidation sites excluding steroid dienone is 1. The second kappa shape index (κ2) is 9.69. The van der Waals surface area contributed by atoms with E-state index >= 15 is 0 Å². The quantitative estimate of drug-likeness (QED) is 0.619. The van der Waals surface area contributed by atoms with Crippen LogP contribution in [0.25, 0.3) is 5.57 Å². The van der Waals surface area contributed by atoms with E-state index in [1.165, 1.54) is 0 Å². The van der Waals surface area contributed by atoms with Gasteiger partial charge in [0.1, 0.15) is 5.69 Å². The Balaban J connectivity index is 1.77. The van der Waals surface area contributed by atoms with Crippen LogP contribution in [0.15, 0.2) is 30.3 Å². The van der Waals surface area contributed by atoms with Gasteiger partial charge in [-0.1, -0.05) is 41.4 Å². The Bertz CT molecular complexity index is 984. The van der Waals surface area contributed by atoms with Crippen LogP contribution in [0.2, 0.25) is 10.0 Å². The van der Waals surface area contributed by atoms with Gasteiger partial charge in [-0.2, -0.15) is 0 Å². The molecule has 2 atom stereocenters. The SMILES string of the molecule is CCOC(=O)c1cccc(C2=C[C@H](OC)[C@@H](NC(=O)c3[nH]c(C)c(Cl)c3Cl)CC2)c1. The smallest absolute Gasteiger partial charge is 0.338 e. The molecule has 0 bridgehead atoms. The predicted molar refractivity (Wildman–Crippen MR) is 117 cm³/mol. The molecular weight excluding hydrogens is 427 g/mol. The third kappa shape index (κ3) is 4.72. The number of amides is 1. The van der Waals surface area contributed by atoms with Gasteiger partial charge < -0.3 is 19.8 Å². The molecule has 0 spiro atoms. The van der Waals surface area contributed by atoms with E-state index in [2.05, 4.69) is 10.3 Å². The Kier molecular flexibility index (Phi) is 7.23. The van der Waals surface area contributed by atoms with Gasteiger partial charge in [-0.05, 0) is 50.0 Å². The highest BCUT2D eigenvalue weighted by molar-refractivity contribution is 6.44. The minimum absolute atomic E-state index is 0.212. The summed E-state index contributed by atoms with van der Waals surface area (Å²) in [6.45, 7) is 3.86. The number of nitrogens with one attached hydrogen (secondary N) is 2. The van der Waals surface area contributed by atoms with Crippen molar-refractivity contribution in [2.24, 2.45) is 0 Å². The molecule has 6 nitrogen and oxygen atoms in total. The molecule has 0 saturated heterocycles. The van der Waals surface area contributed by atoms with E-state index in [1.807, 2.05) is 24.3 Å². The van der Waals surface area contributed by atoms with Crippen molar-refractivity contribution in [1.82, 2.24) is 10.3 Å². The third-order valence-corrected chi connectivity index (χ3v) is 6.05. The Morgan fingerprint density at radius 2 is 2.03 bits per heavy atom. The number of aryl methyl sites for hydroxylation is 1. The summed E-state index contributed by atoms with van der Waals surface area (Å²) in [5.41, 5.74) is 3.37. The first-order valence-corrected chi connectivity index (χ1v) is 10.5. The van der Waals surface area contributed by atoms with Crippen molar-refractivity contribution in [1.29, 1.82) is 0 Å². The van der Waals surface area contributed by atoms with Crippen LogP contribution in [0.4, 0.5) is 0 Å². The number of ether oxygens (including phenoxy) is 2. The summed E-state index contributed by atoms with van der Waals surface area (Å²) in [6.07, 6.45) is 3.04. The standard InChI is InChI=1S/C22H24Cl2N2O4/c1-4-30-22(28)15-7-5-6-13(10-15)14-8-9-16(17(11-14)29-3)26-21(27)20-19(24)18(23)12(2)25-20/h5-7,10-11,16-17,25H,4,8-9H2,1-3H3,(H,26,27)/t16-,17-/m0/s1. The van der Waals surface area contributed by atoms with Gasteiger partial charge in [-0.25, -0.2) is 4.79 Å². The summed E-state index contributed by atoms with van der Waals surface area (Å²) in [5.74, 6) is -0.677. The summed E-state index contributed by atoms with van der Waals surface area (Å²) < 4.78 is 10.7. The molecule has 1 aromatic heterocycles. The minimum Gasteiger partial charge on any atom is -0.462 e. The van der Waals surface area contributed by atoms with Crippen LogP contribution in [-0.4, -0.2) is 42.7 Å². The molecule has 0 fully saturated rings. The van der Waals surface area contributed by atoms with Crippen LogP contribution in [0.5, 0.6) is 0 Å². The molecule has 0 saturated carbocycles. The number of esters is 1. The van der Waals surface area contributed by atoms with Crippen molar-refractivity contribution in [2.75, 3.05) is 13.7 Å². The van der Waals surface area contributed by atoms with Crippen molar-refractivity contribution in [3.05, 3.63) is 62.9 Å². The average molecular weight is 451 g/mol. The number of aromatic nitrogens is 1. The van der Waals surface area contributed by atoms with E-state index in [-0.39, 0.29) is 34.7 Å². The fourth-order valence-electron chi connectivity index (χ4n) is 3.53. The zero-order valence-corrected chi connectivity index (χ0v) is 18.6. The van der Waals surface area contributed by atoms with Gasteiger partial charge in [-0.15, -0.1) is 0 Å². The molecule has 0 aliphatic heterocycles. The second-order valence-corrected chi connectivity index (χ2v) is 7.82. The predicted octanol–water partition coefficient (Wildman–Crippen LogP) is 4.80. The van der Waals surface area contributed by atoms with Crippen LogP contribution in [0, 0.1) is 6.92 Å². The monoisotopic (exact) mass is 450 g/mol. The Morgan fingerprint density at radius 3 is 2.67 bits per heavy atom. The molecule has 1 aromatic carbocycles. The number of H-pyrrole nitrogens is 1. The molecular formula is C22H24Cl2N2O4. The van der Waals surface area contributed by atoms with E-state index < -0.39 is 0 Å². The van der Waals surface area contributed by atoms with Gasteiger partial charge in [0.2, 0.25) is 0 Å².